The number of nitrogens with zero attached hydrogens (tertiary/aromatic N) is 2. The first kappa shape index (κ1) is 9.71. The number of rotatable bonds is 2. The first-order valence-corrected chi connectivity index (χ1v) is 4.31. The van der Waals surface area contributed by atoms with Crippen molar-refractivity contribution in [2.24, 2.45) is 5.92 Å². The first-order chi connectivity index (χ1) is 6.13. The number of carbonyl (C=O) groups excluding carboxylic acids is 1. The Labute approximate surface area is 78.4 Å². The van der Waals surface area contributed by atoms with Gasteiger partial charge in [-0.3, -0.25) is 9.69 Å². The van der Waals surface area contributed by atoms with E-state index in [2.05, 4.69) is 4.98 Å². The molecule has 1 heterocycles. The molecule has 0 bridgehead atoms. The summed E-state index contributed by atoms with van der Waals surface area (Å²) in [7, 11) is 1.74. The molecule has 70 valence electrons. The minimum atomic E-state index is 0.00649. The molecular formula is C10H14N2O. The average Bonchev–Trinajstić information content (AvgIpc) is 2.17. The van der Waals surface area contributed by atoms with E-state index in [1.54, 1.807) is 18.1 Å². The van der Waals surface area contributed by atoms with Crippen molar-refractivity contribution in [2.45, 2.75) is 13.8 Å². The monoisotopic (exact) mass is 178 g/mol. The van der Waals surface area contributed by atoms with Crippen LogP contribution < -0.4 is 4.90 Å². The van der Waals surface area contributed by atoms with Gasteiger partial charge in [-0.05, 0) is 12.1 Å². The van der Waals surface area contributed by atoms with Gasteiger partial charge in [-0.1, -0.05) is 19.9 Å². The fourth-order valence-electron chi connectivity index (χ4n) is 1.05. The number of pyridine rings is 1. The van der Waals surface area contributed by atoms with Crippen molar-refractivity contribution < 1.29 is 4.79 Å². The van der Waals surface area contributed by atoms with Gasteiger partial charge >= 0.3 is 0 Å². The zero-order valence-corrected chi connectivity index (χ0v) is 8.19. The van der Waals surface area contributed by atoms with E-state index in [1.807, 2.05) is 32.0 Å². The number of hydrogen-bond donors (Lipinski definition) is 0. The van der Waals surface area contributed by atoms with Gasteiger partial charge in [0.15, 0.2) is 0 Å². The van der Waals surface area contributed by atoms with Crippen LogP contribution in [0.25, 0.3) is 0 Å². The van der Waals surface area contributed by atoms with Crippen LogP contribution in [0.4, 0.5) is 5.82 Å². The molecule has 0 saturated carbocycles. The Balaban J connectivity index is 2.80. The maximum Gasteiger partial charge on any atom is 0.230 e. The summed E-state index contributed by atoms with van der Waals surface area (Å²) in [5.41, 5.74) is 0. The molecule has 0 aliphatic carbocycles. The lowest BCUT2D eigenvalue weighted by Crippen LogP contribution is -2.30. The summed E-state index contributed by atoms with van der Waals surface area (Å²) in [5, 5.41) is 0. The van der Waals surface area contributed by atoms with Gasteiger partial charge in [0.1, 0.15) is 5.82 Å². The Hall–Kier alpha value is -1.38. The van der Waals surface area contributed by atoms with Crippen LogP contribution in [-0.4, -0.2) is 17.9 Å². The van der Waals surface area contributed by atoms with Gasteiger partial charge in [0.25, 0.3) is 0 Å². The lowest BCUT2D eigenvalue weighted by molar-refractivity contribution is -0.121. The van der Waals surface area contributed by atoms with Crippen molar-refractivity contribution in [3.63, 3.8) is 0 Å². The van der Waals surface area contributed by atoms with E-state index in [0.717, 1.165) is 0 Å². The second-order valence-electron chi connectivity index (χ2n) is 3.24. The fraction of sp³-hybridized carbons (Fsp3) is 0.400. The van der Waals surface area contributed by atoms with E-state index in [9.17, 15) is 4.79 Å². The van der Waals surface area contributed by atoms with Gasteiger partial charge < -0.3 is 0 Å². The van der Waals surface area contributed by atoms with Crippen molar-refractivity contribution in [2.75, 3.05) is 11.9 Å². The quantitative estimate of drug-likeness (QED) is 0.690. The SMILES string of the molecule is CC(C)C(=O)N(C)c1ccccn1. The summed E-state index contributed by atoms with van der Waals surface area (Å²) in [4.78, 5) is 17.2. The smallest absolute Gasteiger partial charge is 0.230 e. The van der Waals surface area contributed by atoms with E-state index in [0.29, 0.717) is 5.82 Å². The van der Waals surface area contributed by atoms with Gasteiger partial charge in [0.2, 0.25) is 5.91 Å². The molecule has 1 aromatic heterocycles. The van der Waals surface area contributed by atoms with Gasteiger partial charge in [0.05, 0.1) is 0 Å². The number of amides is 1. The summed E-state index contributed by atoms with van der Waals surface area (Å²) >= 11 is 0. The highest BCUT2D eigenvalue weighted by Crippen LogP contribution is 2.09. The molecule has 0 fully saturated rings. The molecule has 3 nitrogen and oxygen atoms in total. The van der Waals surface area contributed by atoms with Gasteiger partial charge in [-0.2, -0.15) is 0 Å². The van der Waals surface area contributed by atoms with Crippen LogP contribution in [0.3, 0.4) is 0 Å². The Morgan fingerprint density at radius 3 is 2.62 bits per heavy atom. The van der Waals surface area contributed by atoms with Crippen LogP contribution in [0.15, 0.2) is 24.4 Å². The van der Waals surface area contributed by atoms with Crippen LogP contribution in [0.1, 0.15) is 13.8 Å². The molecular weight excluding hydrogens is 164 g/mol. The molecule has 1 rings (SSSR count). The topological polar surface area (TPSA) is 33.2 Å². The van der Waals surface area contributed by atoms with Crippen molar-refractivity contribution in [1.29, 1.82) is 0 Å². The van der Waals surface area contributed by atoms with E-state index < -0.39 is 0 Å². The Morgan fingerprint density at radius 1 is 1.46 bits per heavy atom. The minimum absolute atomic E-state index is 0.00649. The summed E-state index contributed by atoms with van der Waals surface area (Å²) in [5.74, 6) is 0.784. The standard InChI is InChI=1S/C10H14N2O/c1-8(2)10(13)12(3)9-6-4-5-7-11-9/h4-8H,1-3H3. The number of hydrogen-bond acceptors (Lipinski definition) is 2. The third-order valence-electron chi connectivity index (χ3n) is 1.82. The average molecular weight is 178 g/mol. The first-order valence-electron chi connectivity index (χ1n) is 4.31. The molecule has 0 spiro atoms. The predicted octanol–water partition coefficient (Wildman–Crippen LogP) is 1.70. The Kier molecular flexibility index (Phi) is 3.01. The molecule has 0 aliphatic rings. The van der Waals surface area contributed by atoms with Crippen LogP contribution in [0.2, 0.25) is 0 Å². The third kappa shape index (κ3) is 2.28. The van der Waals surface area contributed by atoms with E-state index in [1.165, 1.54) is 0 Å². The van der Waals surface area contributed by atoms with Crippen LogP contribution in [-0.2, 0) is 4.79 Å². The van der Waals surface area contributed by atoms with Crippen molar-refractivity contribution in [1.82, 2.24) is 4.98 Å². The van der Waals surface area contributed by atoms with Crippen molar-refractivity contribution >= 4 is 11.7 Å². The number of carbonyl (C=O) groups is 1. The van der Waals surface area contributed by atoms with Gasteiger partial charge in [-0.15, -0.1) is 0 Å². The van der Waals surface area contributed by atoms with E-state index >= 15 is 0 Å². The predicted molar refractivity (Wildman–Crippen MR) is 52.5 cm³/mol. The molecule has 0 saturated heterocycles. The largest absolute Gasteiger partial charge is 0.300 e. The highest BCUT2D eigenvalue weighted by Gasteiger charge is 2.14. The normalized spacial score (nSPS) is 10.2. The van der Waals surface area contributed by atoms with Crippen LogP contribution >= 0.6 is 0 Å². The van der Waals surface area contributed by atoms with E-state index in [4.69, 9.17) is 0 Å². The molecule has 0 atom stereocenters. The summed E-state index contributed by atoms with van der Waals surface area (Å²) in [6.45, 7) is 3.75. The zero-order chi connectivity index (χ0) is 9.84. The lowest BCUT2D eigenvalue weighted by atomic mass is 10.2. The molecule has 0 radical (unpaired) electrons. The highest BCUT2D eigenvalue weighted by molar-refractivity contribution is 5.93. The molecule has 0 aromatic carbocycles. The third-order valence-corrected chi connectivity index (χ3v) is 1.82. The fourth-order valence-corrected chi connectivity index (χ4v) is 1.05. The van der Waals surface area contributed by atoms with E-state index in [-0.39, 0.29) is 11.8 Å². The summed E-state index contributed by atoms with van der Waals surface area (Å²) in [6, 6.07) is 5.52. The number of aromatic nitrogens is 1. The molecule has 13 heavy (non-hydrogen) atoms. The molecule has 0 N–H and O–H groups in total. The van der Waals surface area contributed by atoms with Gasteiger partial charge in [-0.25, -0.2) is 4.98 Å². The lowest BCUT2D eigenvalue weighted by Gasteiger charge is -2.17. The van der Waals surface area contributed by atoms with Crippen LogP contribution in [0.5, 0.6) is 0 Å². The molecule has 0 aliphatic heterocycles. The minimum Gasteiger partial charge on any atom is -0.300 e. The molecule has 0 unspecified atom stereocenters. The molecule has 1 amide bonds. The Bertz CT molecular complexity index is 282. The summed E-state index contributed by atoms with van der Waals surface area (Å²) in [6.07, 6.45) is 1.68. The molecule has 1 aromatic rings. The van der Waals surface area contributed by atoms with Gasteiger partial charge in [0, 0.05) is 19.2 Å². The van der Waals surface area contributed by atoms with Crippen LogP contribution in [0, 0.1) is 5.92 Å². The maximum atomic E-state index is 11.5. The maximum absolute atomic E-state index is 11.5. The number of anilines is 1. The Morgan fingerprint density at radius 2 is 2.15 bits per heavy atom. The second-order valence-corrected chi connectivity index (χ2v) is 3.24. The summed E-state index contributed by atoms with van der Waals surface area (Å²) < 4.78 is 0. The van der Waals surface area contributed by atoms with Crippen molar-refractivity contribution in [3.05, 3.63) is 24.4 Å². The molecule has 3 heteroatoms. The second kappa shape index (κ2) is 4.03. The van der Waals surface area contributed by atoms with Crippen molar-refractivity contribution in [3.8, 4) is 0 Å². The highest BCUT2D eigenvalue weighted by atomic mass is 16.2. The zero-order valence-electron chi connectivity index (χ0n) is 8.19.